The van der Waals surface area contributed by atoms with Crippen molar-refractivity contribution < 1.29 is 18.0 Å². The van der Waals surface area contributed by atoms with E-state index in [0.29, 0.717) is 32.1 Å². The average Bonchev–Trinajstić information content (AvgIpc) is 3.26. The normalized spacial score (nSPS) is 11.2. The largest absolute Gasteiger partial charge is 0.298 e. The molecule has 168 valence electrons. The summed E-state index contributed by atoms with van der Waals surface area (Å²) in [7, 11) is 0. The van der Waals surface area contributed by atoms with Crippen LogP contribution in [-0.2, 0) is 0 Å². The summed E-state index contributed by atoms with van der Waals surface area (Å²) in [6.45, 7) is 1.79. The van der Waals surface area contributed by atoms with Crippen LogP contribution >= 0.6 is 23.1 Å². The van der Waals surface area contributed by atoms with Gasteiger partial charge in [-0.2, -0.15) is 0 Å². The van der Waals surface area contributed by atoms with Crippen molar-refractivity contribution in [3.05, 3.63) is 82.6 Å². The average molecular weight is 495 g/mol. The Balaban J connectivity index is 1.72. The first-order valence-corrected chi connectivity index (χ1v) is 11.6. The van der Waals surface area contributed by atoms with Gasteiger partial charge in [0.15, 0.2) is 28.1 Å². The minimum atomic E-state index is -1.59. The van der Waals surface area contributed by atoms with Crippen LogP contribution in [0, 0.1) is 24.4 Å². The van der Waals surface area contributed by atoms with Gasteiger partial charge in [0.1, 0.15) is 15.7 Å². The van der Waals surface area contributed by atoms with Gasteiger partial charge in [-0.25, -0.2) is 23.1 Å². The number of carbonyl (C=O) groups excluding carboxylic acids is 1. The van der Waals surface area contributed by atoms with E-state index in [1.807, 2.05) is 6.07 Å². The van der Waals surface area contributed by atoms with E-state index in [1.165, 1.54) is 11.3 Å². The molecular weight excluding hydrogens is 481 g/mol. The molecule has 0 bridgehead atoms. The third-order valence-corrected chi connectivity index (χ3v) is 6.88. The summed E-state index contributed by atoms with van der Waals surface area (Å²) in [4.78, 5) is 20.7. The van der Waals surface area contributed by atoms with Crippen LogP contribution in [0.4, 0.5) is 13.2 Å². The summed E-state index contributed by atoms with van der Waals surface area (Å²) < 4.78 is 43.0. The van der Waals surface area contributed by atoms with Crippen LogP contribution in [0.3, 0.4) is 0 Å². The highest BCUT2D eigenvalue weighted by Crippen LogP contribution is 2.38. The quantitative estimate of drug-likeness (QED) is 0.205. The minimum Gasteiger partial charge on any atom is -0.298 e. The molecule has 3 aromatic carbocycles. The SMILES string of the molecule is Cc1nnc(Sc2nc3ccc(-c4ccccc4C=O)cc3nc2-c2ccc(F)c(F)c2F)s1. The van der Waals surface area contributed by atoms with Crippen molar-refractivity contribution in [3.8, 4) is 22.4 Å². The first-order chi connectivity index (χ1) is 16.4. The summed E-state index contributed by atoms with van der Waals surface area (Å²) in [6, 6.07) is 14.3. The molecule has 0 aliphatic carbocycles. The number of rotatable bonds is 5. The van der Waals surface area contributed by atoms with Gasteiger partial charge in [-0.05, 0) is 54.1 Å². The van der Waals surface area contributed by atoms with E-state index in [9.17, 15) is 18.0 Å². The zero-order valence-corrected chi connectivity index (χ0v) is 19.1. The number of aromatic nitrogens is 4. The molecule has 2 heterocycles. The van der Waals surface area contributed by atoms with Crippen LogP contribution in [0.1, 0.15) is 15.4 Å². The van der Waals surface area contributed by atoms with Gasteiger partial charge in [0.05, 0.1) is 11.0 Å². The fourth-order valence-electron chi connectivity index (χ4n) is 3.43. The molecule has 0 unspecified atom stereocenters. The Bertz CT molecular complexity index is 1570. The van der Waals surface area contributed by atoms with Crippen molar-refractivity contribution in [1.29, 1.82) is 0 Å². The second-order valence-electron chi connectivity index (χ2n) is 7.20. The Labute approximate surface area is 199 Å². The second kappa shape index (κ2) is 8.96. The van der Waals surface area contributed by atoms with Crippen LogP contribution in [0.25, 0.3) is 33.4 Å². The third-order valence-electron chi connectivity index (χ3n) is 5.01. The monoisotopic (exact) mass is 494 g/mol. The van der Waals surface area contributed by atoms with Gasteiger partial charge in [0.2, 0.25) is 0 Å². The molecule has 5 aromatic rings. The number of hydrogen-bond donors (Lipinski definition) is 0. The molecule has 0 amide bonds. The lowest BCUT2D eigenvalue weighted by molar-refractivity contribution is 0.112. The molecule has 34 heavy (non-hydrogen) atoms. The first kappa shape index (κ1) is 22.2. The van der Waals surface area contributed by atoms with Crippen molar-refractivity contribution in [3.63, 3.8) is 0 Å². The number of fused-ring (bicyclic) bond motifs is 1. The highest BCUT2D eigenvalue weighted by molar-refractivity contribution is 8.01. The topological polar surface area (TPSA) is 68.6 Å². The highest BCUT2D eigenvalue weighted by atomic mass is 32.2. The molecule has 5 rings (SSSR count). The Hall–Kier alpha value is -3.63. The van der Waals surface area contributed by atoms with Crippen molar-refractivity contribution in [2.24, 2.45) is 0 Å². The molecule has 0 aliphatic rings. The third kappa shape index (κ3) is 4.06. The lowest BCUT2D eigenvalue weighted by Gasteiger charge is -2.11. The van der Waals surface area contributed by atoms with Gasteiger partial charge in [-0.3, -0.25) is 4.79 Å². The van der Waals surface area contributed by atoms with E-state index in [1.54, 1.807) is 43.3 Å². The van der Waals surface area contributed by atoms with Gasteiger partial charge in [-0.1, -0.05) is 41.7 Å². The summed E-state index contributed by atoms with van der Waals surface area (Å²) in [5.41, 5.74) is 2.63. The molecule has 0 fully saturated rings. The fourth-order valence-corrected chi connectivity index (χ4v) is 5.25. The van der Waals surface area contributed by atoms with E-state index in [-0.39, 0.29) is 16.3 Å². The maximum Gasteiger partial charge on any atom is 0.195 e. The van der Waals surface area contributed by atoms with E-state index < -0.39 is 17.5 Å². The van der Waals surface area contributed by atoms with E-state index in [0.717, 1.165) is 35.2 Å². The number of benzene rings is 3. The Morgan fingerprint density at radius 2 is 1.71 bits per heavy atom. The van der Waals surface area contributed by atoms with Crippen molar-refractivity contribution >= 4 is 40.4 Å². The van der Waals surface area contributed by atoms with Gasteiger partial charge in [0, 0.05) is 11.1 Å². The van der Waals surface area contributed by atoms with Gasteiger partial charge in [0.25, 0.3) is 0 Å². The van der Waals surface area contributed by atoms with Crippen LogP contribution in [-0.4, -0.2) is 26.5 Å². The molecule has 0 N–H and O–H groups in total. The second-order valence-corrected chi connectivity index (χ2v) is 9.62. The molecule has 0 spiro atoms. The zero-order valence-electron chi connectivity index (χ0n) is 17.4. The molecule has 5 nitrogen and oxygen atoms in total. The smallest absolute Gasteiger partial charge is 0.195 e. The maximum atomic E-state index is 14.8. The molecule has 0 radical (unpaired) electrons. The number of halogens is 3. The predicted molar refractivity (Wildman–Crippen MR) is 124 cm³/mol. The molecule has 0 atom stereocenters. The molecule has 0 saturated carbocycles. The summed E-state index contributed by atoms with van der Waals surface area (Å²) >= 11 is 2.43. The number of nitrogens with zero attached hydrogens (tertiary/aromatic N) is 4. The molecule has 10 heteroatoms. The van der Waals surface area contributed by atoms with Crippen LogP contribution in [0.15, 0.2) is 64.0 Å². The molecule has 0 saturated heterocycles. The minimum absolute atomic E-state index is 0.0441. The van der Waals surface area contributed by atoms with Gasteiger partial charge < -0.3 is 0 Å². The lowest BCUT2D eigenvalue weighted by atomic mass is 10.00. The number of carbonyl (C=O) groups is 1. The van der Waals surface area contributed by atoms with Gasteiger partial charge in [-0.15, -0.1) is 10.2 Å². The number of aryl methyl sites for hydroxylation is 1. The molecular formula is C24H13F3N4OS2. The Kier molecular flexibility index (Phi) is 5.84. The first-order valence-electron chi connectivity index (χ1n) is 9.93. The fraction of sp³-hybridized carbons (Fsp3) is 0.0417. The van der Waals surface area contributed by atoms with E-state index in [2.05, 4.69) is 20.2 Å². The van der Waals surface area contributed by atoms with E-state index >= 15 is 0 Å². The zero-order chi connectivity index (χ0) is 23.8. The van der Waals surface area contributed by atoms with Gasteiger partial charge >= 0.3 is 0 Å². The van der Waals surface area contributed by atoms with Crippen LogP contribution in [0.5, 0.6) is 0 Å². The van der Waals surface area contributed by atoms with E-state index in [4.69, 9.17) is 0 Å². The van der Waals surface area contributed by atoms with Crippen molar-refractivity contribution in [1.82, 2.24) is 20.2 Å². The predicted octanol–water partition coefficient (Wildman–Crippen LogP) is 6.50. The molecule has 2 aromatic heterocycles. The Morgan fingerprint density at radius 1 is 0.882 bits per heavy atom. The lowest BCUT2D eigenvalue weighted by Crippen LogP contribution is -2.00. The summed E-state index contributed by atoms with van der Waals surface area (Å²) in [5.74, 6) is -4.24. The maximum absolute atomic E-state index is 14.8. The summed E-state index contributed by atoms with van der Waals surface area (Å²) in [5, 5.41) is 9.03. The standard InChI is InChI=1S/C24H13F3N4OS2/c1-12-30-31-24(33-12)34-23-22(16-7-8-17(25)21(27)20(16)26)28-19-10-13(6-9-18(19)29-23)15-5-3-2-4-14(15)11-32/h2-11H,1H3. The molecule has 0 aliphatic heterocycles. The van der Waals surface area contributed by atoms with Crippen LogP contribution in [0.2, 0.25) is 0 Å². The highest BCUT2D eigenvalue weighted by Gasteiger charge is 2.22. The number of aldehydes is 1. The number of hydrogen-bond acceptors (Lipinski definition) is 7. The van der Waals surface area contributed by atoms with Crippen molar-refractivity contribution in [2.75, 3.05) is 0 Å². The Morgan fingerprint density at radius 3 is 2.47 bits per heavy atom. The summed E-state index contributed by atoms with van der Waals surface area (Å²) in [6.07, 6.45) is 0.761. The van der Waals surface area contributed by atoms with Crippen molar-refractivity contribution in [2.45, 2.75) is 16.3 Å². The van der Waals surface area contributed by atoms with Crippen LogP contribution < -0.4 is 0 Å².